The lowest BCUT2D eigenvalue weighted by molar-refractivity contribution is 0.540. The average molecular weight is 293 g/mol. The van der Waals surface area contributed by atoms with Gasteiger partial charge < -0.3 is 0 Å². The summed E-state index contributed by atoms with van der Waals surface area (Å²) < 4.78 is 28.3. The average Bonchev–Trinajstić information content (AvgIpc) is 2.85. The molecule has 2 aromatic rings. The van der Waals surface area contributed by atoms with E-state index in [9.17, 15) is 8.42 Å². The van der Waals surface area contributed by atoms with Crippen LogP contribution in [0.2, 0.25) is 0 Å². The quantitative estimate of drug-likeness (QED) is 0.942. The highest BCUT2D eigenvalue weighted by atomic mass is 32.2. The van der Waals surface area contributed by atoms with Crippen molar-refractivity contribution in [3.05, 3.63) is 42.2 Å². The molecule has 1 aromatic heterocycles. The first-order valence-corrected chi connectivity index (χ1v) is 7.83. The standard InChI is InChI=1S/C14H19N3O2S/c1-14(2,3)13-12(20(18,19)15-4)10-17(16-13)11-8-6-5-7-9-11/h5-10,15H,1-4H3. The molecule has 2 rings (SSSR count). The number of benzene rings is 1. The van der Waals surface area contributed by atoms with Crippen molar-refractivity contribution in [2.24, 2.45) is 0 Å². The number of aromatic nitrogens is 2. The Kier molecular flexibility index (Phi) is 3.71. The van der Waals surface area contributed by atoms with Gasteiger partial charge in [0.05, 0.1) is 17.6 Å². The van der Waals surface area contributed by atoms with Crippen molar-refractivity contribution < 1.29 is 8.42 Å². The summed E-state index contributed by atoms with van der Waals surface area (Å²) in [6.07, 6.45) is 1.56. The maximum atomic E-state index is 12.1. The molecule has 1 aromatic carbocycles. The van der Waals surface area contributed by atoms with Gasteiger partial charge in [-0.15, -0.1) is 0 Å². The third-order valence-electron chi connectivity index (χ3n) is 2.97. The Labute approximate surface area is 119 Å². The van der Waals surface area contributed by atoms with E-state index in [1.807, 2.05) is 51.1 Å². The number of rotatable bonds is 3. The van der Waals surface area contributed by atoms with Crippen LogP contribution in [-0.2, 0) is 15.4 Å². The first kappa shape index (κ1) is 14.7. The SMILES string of the molecule is CNS(=O)(=O)c1cn(-c2ccccc2)nc1C(C)(C)C. The molecule has 0 spiro atoms. The Hall–Kier alpha value is -1.66. The minimum absolute atomic E-state index is 0.219. The van der Waals surface area contributed by atoms with Gasteiger partial charge in [-0.3, -0.25) is 0 Å². The van der Waals surface area contributed by atoms with Crippen LogP contribution in [-0.4, -0.2) is 25.2 Å². The molecule has 6 heteroatoms. The van der Waals surface area contributed by atoms with Crippen molar-refractivity contribution in [3.8, 4) is 5.69 Å². The second-order valence-electron chi connectivity index (χ2n) is 5.58. The van der Waals surface area contributed by atoms with E-state index in [1.165, 1.54) is 7.05 Å². The normalized spacial score (nSPS) is 12.6. The molecule has 0 saturated carbocycles. The summed E-state index contributed by atoms with van der Waals surface area (Å²) in [6.45, 7) is 5.83. The summed E-state index contributed by atoms with van der Waals surface area (Å²) in [6, 6.07) is 9.45. The molecule has 0 aliphatic rings. The minimum Gasteiger partial charge on any atom is -0.239 e. The molecule has 0 saturated heterocycles. The highest BCUT2D eigenvalue weighted by Crippen LogP contribution is 2.28. The number of sulfonamides is 1. The molecule has 0 aliphatic carbocycles. The predicted molar refractivity (Wildman–Crippen MR) is 78.5 cm³/mol. The molecule has 0 fully saturated rings. The Morgan fingerprint density at radius 3 is 2.25 bits per heavy atom. The van der Waals surface area contributed by atoms with E-state index in [-0.39, 0.29) is 10.3 Å². The molecule has 0 aliphatic heterocycles. The summed E-state index contributed by atoms with van der Waals surface area (Å²) >= 11 is 0. The van der Waals surface area contributed by atoms with Gasteiger partial charge in [-0.2, -0.15) is 5.10 Å². The molecule has 20 heavy (non-hydrogen) atoms. The molecule has 0 radical (unpaired) electrons. The van der Waals surface area contributed by atoms with Gasteiger partial charge >= 0.3 is 0 Å². The molecule has 5 nitrogen and oxygen atoms in total. The summed E-state index contributed by atoms with van der Waals surface area (Å²) in [5.74, 6) is 0. The molecule has 1 N–H and O–H groups in total. The van der Waals surface area contributed by atoms with Crippen LogP contribution in [0.4, 0.5) is 0 Å². The zero-order valence-electron chi connectivity index (χ0n) is 12.1. The van der Waals surface area contributed by atoms with Crippen LogP contribution in [0.25, 0.3) is 5.69 Å². The fourth-order valence-electron chi connectivity index (χ4n) is 1.90. The zero-order chi connectivity index (χ0) is 15.0. The highest BCUT2D eigenvalue weighted by Gasteiger charge is 2.29. The monoisotopic (exact) mass is 293 g/mol. The molecule has 0 unspecified atom stereocenters. The number of nitrogens with one attached hydrogen (secondary N) is 1. The third kappa shape index (κ3) is 2.76. The fraction of sp³-hybridized carbons (Fsp3) is 0.357. The molecule has 0 amide bonds. The lowest BCUT2D eigenvalue weighted by Crippen LogP contribution is -2.23. The molecule has 0 bridgehead atoms. The first-order chi connectivity index (χ1) is 9.25. The summed E-state index contributed by atoms with van der Waals surface area (Å²) in [5.41, 5.74) is 1.02. The Morgan fingerprint density at radius 1 is 1.15 bits per heavy atom. The van der Waals surface area contributed by atoms with Gasteiger partial charge in [0.2, 0.25) is 10.0 Å². The molecular formula is C14H19N3O2S. The highest BCUT2D eigenvalue weighted by molar-refractivity contribution is 7.89. The van der Waals surface area contributed by atoms with Crippen LogP contribution in [0.5, 0.6) is 0 Å². The van der Waals surface area contributed by atoms with Crippen LogP contribution in [0, 0.1) is 0 Å². The zero-order valence-corrected chi connectivity index (χ0v) is 12.9. The van der Waals surface area contributed by atoms with E-state index >= 15 is 0 Å². The lowest BCUT2D eigenvalue weighted by atomic mass is 9.92. The Morgan fingerprint density at radius 2 is 1.75 bits per heavy atom. The Bertz CT molecular complexity index is 698. The van der Waals surface area contributed by atoms with Crippen LogP contribution in [0.3, 0.4) is 0 Å². The van der Waals surface area contributed by atoms with Crippen LogP contribution in [0.15, 0.2) is 41.4 Å². The lowest BCUT2D eigenvalue weighted by Gasteiger charge is -2.17. The third-order valence-corrected chi connectivity index (χ3v) is 4.39. The topological polar surface area (TPSA) is 64.0 Å². The van der Waals surface area contributed by atoms with Crippen LogP contribution in [0.1, 0.15) is 26.5 Å². The van der Waals surface area contributed by atoms with E-state index in [0.717, 1.165) is 5.69 Å². The second-order valence-corrected chi connectivity index (χ2v) is 7.43. The molecule has 108 valence electrons. The predicted octanol–water partition coefficient (Wildman–Crippen LogP) is 2.08. The largest absolute Gasteiger partial charge is 0.243 e. The number of hydrogen-bond acceptors (Lipinski definition) is 3. The van der Waals surface area contributed by atoms with Crippen LogP contribution < -0.4 is 4.72 Å². The van der Waals surface area contributed by atoms with E-state index in [4.69, 9.17) is 0 Å². The van der Waals surface area contributed by atoms with Crippen LogP contribution >= 0.6 is 0 Å². The molecular weight excluding hydrogens is 274 g/mol. The van der Waals surface area contributed by atoms with Gasteiger partial charge in [0.25, 0.3) is 0 Å². The summed E-state index contributed by atoms with van der Waals surface area (Å²) in [7, 11) is -2.13. The van der Waals surface area contributed by atoms with E-state index in [1.54, 1.807) is 10.9 Å². The first-order valence-electron chi connectivity index (χ1n) is 6.35. The number of para-hydroxylation sites is 1. The summed E-state index contributed by atoms with van der Waals surface area (Å²) in [4.78, 5) is 0.219. The van der Waals surface area contributed by atoms with Gasteiger partial charge in [0.15, 0.2) is 0 Å². The van der Waals surface area contributed by atoms with E-state index < -0.39 is 10.0 Å². The minimum atomic E-state index is -3.53. The molecule has 0 atom stereocenters. The van der Waals surface area contributed by atoms with Crippen molar-refractivity contribution in [1.29, 1.82) is 0 Å². The maximum absolute atomic E-state index is 12.1. The summed E-state index contributed by atoms with van der Waals surface area (Å²) in [5, 5.41) is 4.46. The van der Waals surface area contributed by atoms with Gasteiger partial charge in [0.1, 0.15) is 4.90 Å². The van der Waals surface area contributed by atoms with Crippen molar-refractivity contribution in [1.82, 2.24) is 14.5 Å². The van der Waals surface area contributed by atoms with Gasteiger partial charge in [-0.05, 0) is 19.2 Å². The molecule has 1 heterocycles. The van der Waals surface area contributed by atoms with Crippen molar-refractivity contribution in [2.45, 2.75) is 31.1 Å². The Balaban J connectivity index is 2.66. The van der Waals surface area contributed by atoms with Crippen molar-refractivity contribution in [3.63, 3.8) is 0 Å². The second kappa shape index (κ2) is 5.03. The number of hydrogen-bond donors (Lipinski definition) is 1. The van der Waals surface area contributed by atoms with Gasteiger partial charge in [-0.25, -0.2) is 17.8 Å². The van der Waals surface area contributed by atoms with E-state index in [0.29, 0.717) is 5.69 Å². The van der Waals surface area contributed by atoms with Gasteiger partial charge in [-0.1, -0.05) is 39.0 Å². The van der Waals surface area contributed by atoms with Crippen molar-refractivity contribution >= 4 is 10.0 Å². The van der Waals surface area contributed by atoms with Crippen molar-refractivity contribution in [2.75, 3.05) is 7.05 Å². The van der Waals surface area contributed by atoms with E-state index in [2.05, 4.69) is 9.82 Å². The van der Waals surface area contributed by atoms with Gasteiger partial charge in [0, 0.05) is 5.41 Å². The number of nitrogens with zero attached hydrogens (tertiary/aromatic N) is 2. The maximum Gasteiger partial charge on any atom is 0.243 e. The smallest absolute Gasteiger partial charge is 0.239 e. The fourth-order valence-corrected chi connectivity index (χ4v) is 2.96.